The van der Waals surface area contributed by atoms with Gasteiger partial charge in [-0.3, -0.25) is 4.90 Å². The van der Waals surface area contributed by atoms with Gasteiger partial charge in [-0.15, -0.1) is 0 Å². The summed E-state index contributed by atoms with van der Waals surface area (Å²) in [6.45, 7) is 1.75. The molecule has 6 heteroatoms. The molecule has 0 bridgehead atoms. The summed E-state index contributed by atoms with van der Waals surface area (Å²) >= 11 is 7.68. The molecular weight excluding hydrogens is 338 g/mol. The number of rotatable bonds is 7. The van der Waals surface area contributed by atoms with Crippen LogP contribution in [0.3, 0.4) is 0 Å². The molecule has 0 amide bonds. The van der Waals surface area contributed by atoms with Crippen molar-refractivity contribution in [2.75, 3.05) is 39.5 Å². The normalized spacial score (nSPS) is 10.7. The summed E-state index contributed by atoms with van der Waals surface area (Å²) in [6, 6.07) is 7.75. The molecule has 3 radical (unpaired) electrons. The summed E-state index contributed by atoms with van der Waals surface area (Å²) in [5.74, 6) is 0. The Morgan fingerprint density at radius 3 is 1.75 bits per heavy atom. The first-order valence-electron chi connectivity index (χ1n) is 6.32. The minimum Gasteiger partial charge on any atom is -0.395 e. The van der Waals surface area contributed by atoms with Crippen LogP contribution in [0.4, 0.5) is 0 Å². The van der Waals surface area contributed by atoms with Crippen LogP contribution in [0, 0.1) is 0 Å². The molecule has 0 saturated heterocycles. The molecule has 20 heavy (non-hydrogen) atoms. The topological polar surface area (TPSA) is 63.9 Å². The summed E-state index contributed by atoms with van der Waals surface area (Å²) in [5.41, 5.74) is 1.19. The molecule has 0 aromatic heterocycles. The second-order valence-electron chi connectivity index (χ2n) is 3.90. The van der Waals surface area contributed by atoms with Crippen molar-refractivity contribution in [2.45, 2.75) is 0 Å². The summed E-state index contributed by atoms with van der Waals surface area (Å²) in [7, 11) is 0. The van der Waals surface area contributed by atoms with Crippen molar-refractivity contribution in [3.05, 3.63) is 39.8 Å². The van der Waals surface area contributed by atoms with Gasteiger partial charge in [-0.1, -0.05) is 0 Å². The zero-order valence-electron chi connectivity index (χ0n) is 11.4. The standard InChI is InChI=1S/C8H6ClGe.C6H15NO3/c9-8-3-1-7(2-4-8)5-6-10;8-4-1-7(2-5-9)3-6-10/h1-6H;8-10H,1-6H2/b6-5-;. The Morgan fingerprint density at radius 1 is 0.950 bits per heavy atom. The summed E-state index contributed by atoms with van der Waals surface area (Å²) in [4.78, 5) is 3.79. The number of hydrogen-bond donors (Lipinski definition) is 3. The second-order valence-corrected chi connectivity index (χ2v) is 5.03. The van der Waals surface area contributed by atoms with Crippen LogP contribution in [0.25, 0.3) is 6.08 Å². The average Bonchev–Trinajstić information content (AvgIpc) is 2.43. The monoisotopic (exact) mass is 360 g/mol. The summed E-state index contributed by atoms with van der Waals surface area (Å²) in [6.07, 6.45) is 2.04. The number of halogens is 1. The van der Waals surface area contributed by atoms with Crippen LogP contribution in [0.2, 0.25) is 5.02 Å². The van der Waals surface area contributed by atoms with Crippen LogP contribution < -0.4 is 0 Å². The number of aliphatic hydroxyl groups is 3. The maximum Gasteiger partial charge on any atom is 0.0558 e. The first-order chi connectivity index (χ1) is 9.67. The SMILES string of the molecule is Clc1ccc(/C=[CH]\[Ge])cc1.OCCN(CCO)CCO. The van der Waals surface area contributed by atoms with Gasteiger partial charge in [0.15, 0.2) is 0 Å². The van der Waals surface area contributed by atoms with E-state index in [-0.39, 0.29) is 19.8 Å². The Hall–Kier alpha value is -0.367. The van der Waals surface area contributed by atoms with Gasteiger partial charge in [-0.2, -0.15) is 0 Å². The van der Waals surface area contributed by atoms with Crippen LogP contribution in [-0.2, 0) is 0 Å². The minimum absolute atomic E-state index is 0.0694. The van der Waals surface area contributed by atoms with Gasteiger partial charge in [-0.05, 0) is 0 Å². The quantitative estimate of drug-likeness (QED) is 0.629. The third-order valence-corrected chi connectivity index (χ3v) is 3.00. The smallest absolute Gasteiger partial charge is 0.0558 e. The molecule has 1 aromatic rings. The Bertz CT molecular complexity index is 346. The van der Waals surface area contributed by atoms with Gasteiger partial charge in [0.2, 0.25) is 0 Å². The molecule has 111 valence electrons. The van der Waals surface area contributed by atoms with Crippen LogP contribution in [-0.4, -0.2) is 76.2 Å². The van der Waals surface area contributed by atoms with E-state index in [0.717, 1.165) is 5.02 Å². The second kappa shape index (κ2) is 13.6. The predicted octanol–water partition coefficient (Wildman–Crippen LogP) is 0.744. The van der Waals surface area contributed by atoms with E-state index in [9.17, 15) is 0 Å². The van der Waals surface area contributed by atoms with Gasteiger partial charge < -0.3 is 15.3 Å². The van der Waals surface area contributed by atoms with Gasteiger partial charge >= 0.3 is 74.0 Å². The first kappa shape index (κ1) is 19.6. The van der Waals surface area contributed by atoms with Gasteiger partial charge in [0.05, 0.1) is 19.8 Å². The molecular formula is C14H21ClGeNO3. The minimum atomic E-state index is 0.0694. The molecule has 0 spiro atoms. The van der Waals surface area contributed by atoms with Crippen molar-refractivity contribution >= 4 is 34.2 Å². The predicted molar refractivity (Wildman–Crippen MR) is 83.9 cm³/mol. The van der Waals surface area contributed by atoms with Gasteiger partial charge in [-0.25, -0.2) is 0 Å². The van der Waals surface area contributed by atoms with E-state index in [1.165, 1.54) is 5.56 Å². The molecule has 0 saturated carbocycles. The molecule has 1 aromatic carbocycles. The maximum atomic E-state index is 8.48. The van der Waals surface area contributed by atoms with Gasteiger partial charge in [0, 0.05) is 19.6 Å². The Morgan fingerprint density at radius 2 is 1.40 bits per heavy atom. The third kappa shape index (κ3) is 10.4. The largest absolute Gasteiger partial charge is 0.395 e. The molecule has 0 aliphatic carbocycles. The number of aliphatic hydroxyl groups excluding tert-OH is 3. The Kier molecular flexibility index (Phi) is 13.4. The first-order valence-corrected chi connectivity index (χ1v) is 7.91. The average molecular weight is 359 g/mol. The van der Waals surface area contributed by atoms with E-state index < -0.39 is 0 Å². The van der Waals surface area contributed by atoms with E-state index in [4.69, 9.17) is 26.9 Å². The molecule has 0 aliphatic rings. The Labute approximate surface area is 133 Å². The molecule has 4 nitrogen and oxygen atoms in total. The van der Waals surface area contributed by atoms with Crippen molar-refractivity contribution in [2.24, 2.45) is 0 Å². The van der Waals surface area contributed by atoms with E-state index in [0.29, 0.717) is 19.6 Å². The molecule has 0 aliphatic heterocycles. The van der Waals surface area contributed by atoms with Crippen LogP contribution in [0.1, 0.15) is 5.56 Å². The number of hydrogen-bond acceptors (Lipinski definition) is 4. The molecule has 3 N–H and O–H groups in total. The molecule has 1 rings (SSSR count). The van der Waals surface area contributed by atoms with Crippen molar-refractivity contribution in [3.63, 3.8) is 0 Å². The maximum absolute atomic E-state index is 8.48. The van der Waals surface area contributed by atoms with Crippen LogP contribution in [0.15, 0.2) is 29.2 Å². The van der Waals surface area contributed by atoms with Crippen molar-refractivity contribution < 1.29 is 15.3 Å². The van der Waals surface area contributed by atoms with Crippen LogP contribution in [0.5, 0.6) is 0 Å². The molecule has 0 atom stereocenters. The van der Waals surface area contributed by atoms with Crippen molar-refractivity contribution in [1.82, 2.24) is 4.90 Å². The fraction of sp³-hybridized carbons (Fsp3) is 0.429. The summed E-state index contributed by atoms with van der Waals surface area (Å²) < 4.78 is 0. The Balaban J connectivity index is 0.000000361. The van der Waals surface area contributed by atoms with E-state index in [1.807, 2.05) is 51.8 Å². The number of nitrogens with zero attached hydrogens (tertiary/aromatic N) is 1. The van der Waals surface area contributed by atoms with Crippen molar-refractivity contribution in [3.8, 4) is 0 Å². The van der Waals surface area contributed by atoms with Crippen LogP contribution >= 0.6 is 11.6 Å². The van der Waals surface area contributed by atoms with Gasteiger partial charge in [0.25, 0.3) is 0 Å². The molecule has 0 unspecified atom stereocenters. The zero-order chi connectivity index (χ0) is 15.2. The fourth-order valence-electron chi connectivity index (χ4n) is 1.43. The van der Waals surface area contributed by atoms with E-state index in [2.05, 4.69) is 0 Å². The van der Waals surface area contributed by atoms with Crippen molar-refractivity contribution in [1.29, 1.82) is 0 Å². The third-order valence-electron chi connectivity index (χ3n) is 2.39. The van der Waals surface area contributed by atoms with Gasteiger partial charge in [0.1, 0.15) is 0 Å². The zero-order valence-corrected chi connectivity index (χ0v) is 14.2. The number of benzene rings is 1. The fourth-order valence-corrected chi connectivity index (χ4v) is 1.96. The summed E-state index contributed by atoms with van der Waals surface area (Å²) in [5, 5.41) is 26.2. The molecule has 0 heterocycles. The van der Waals surface area contributed by atoms with E-state index in [1.54, 1.807) is 4.90 Å². The van der Waals surface area contributed by atoms with E-state index >= 15 is 0 Å². The molecule has 0 fully saturated rings.